The van der Waals surface area contributed by atoms with Crippen LogP contribution in [0.2, 0.25) is 0 Å². The van der Waals surface area contributed by atoms with Gasteiger partial charge in [0.25, 0.3) is 0 Å². The Balaban J connectivity index is 5.49. The summed E-state index contributed by atoms with van der Waals surface area (Å²) >= 11 is 0. The molecule has 0 aromatic rings. The molecule has 0 radical (unpaired) electrons. The van der Waals surface area contributed by atoms with Crippen LogP contribution < -0.4 is 0 Å². The summed E-state index contributed by atoms with van der Waals surface area (Å²) in [6, 6.07) is 0. The summed E-state index contributed by atoms with van der Waals surface area (Å²) in [5, 5.41) is 10.6. The second-order valence-corrected chi connectivity index (χ2v) is 27.4. The van der Waals surface area contributed by atoms with E-state index in [-0.39, 0.29) is 25.7 Å². The highest BCUT2D eigenvalue weighted by atomic mass is 31.2. The number of hydrogen-bond donors (Lipinski definition) is 3. The highest BCUT2D eigenvalue weighted by Crippen LogP contribution is 2.45. The number of aliphatic hydroxyl groups is 1. The lowest BCUT2D eigenvalue weighted by Gasteiger charge is -2.21. The zero-order chi connectivity index (χ0) is 74.6. The van der Waals surface area contributed by atoms with E-state index in [0.29, 0.717) is 44.9 Å². The van der Waals surface area contributed by atoms with Crippen LogP contribution in [0.25, 0.3) is 0 Å². The van der Waals surface area contributed by atoms with Crippen LogP contribution in [0.1, 0.15) is 259 Å². The molecule has 0 aliphatic carbocycles. The van der Waals surface area contributed by atoms with Gasteiger partial charge in [-0.15, -0.1) is 0 Å². The van der Waals surface area contributed by atoms with Crippen molar-refractivity contribution in [1.82, 2.24) is 0 Å². The second-order valence-electron chi connectivity index (χ2n) is 24.5. The van der Waals surface area contributed by atoms with Crippen molar-refractivity contribution in [3.05, 3.63) is 182 Å². The summed E-state index contributed by atoms with van der Waals surface area (Å²) in [5.74, 6) is -2.41. The van der Waals surface area contributed by atoms with Crippen LogP contribution in [0, 0.1) is 0 Å². The maximum absolute atomic E-state index is 13.1. The van der Waals surface area contributed by atoms with Crippen LogP contribution in [-0.4, -0.2) is 96.7 Å². The predicted octanol–water partition coefficient (Wildman–Crippen LogP) is 22.0. The van der Waals surface area contributed by atoms with Crippen LogP contribution >= 0.6 is 15.6 Å². The van der Waals surface area contributed by atoms with Crippen molar-refractivity contribution in [3.63, 3.8) is 0 Å². The Morgan fingerprint density at radius 3 is 0.873 bits per heavy atom. The zero-order valence-corrected chi connectivity index (χ0v) is 64.5. The van der Waals surface area contributed by atoms with E-state index in [0.717, 1.165) is 122 Å². The molecule has 0 fully saturated rings. The Labute approximate surface area is 615 Å². The van der Waals surface area contributed by atoms with Crippen molar-refractivity contribution in [3.8, 4) is 0 Å². The van der Waals surface area contributed by atoms with E-state index in [1.165, 1.54) is 38.5 Å². The SMILES string of the molecule is CC/C=C\C/C=C\C/C=C\C/C=C\C/C=C\C/C=C\CCC(=O)OCC(COP(=O)(O)OCC(O)COP(=O)(O)OCC(COC(=O)CCC/C=C\C/C=C\C/C=C\C/C=C\C/C=C\CC)OC(=O)CCCCCCCCCCCCC)OC(=O)CCCC/C=C\C/C=C\C/C=C\C/C=C\CC. The standard InChI is InChI=1S/C83H132O17P2/c1-5-9-13-17-21-25-29-32-35-37-38-40-43-45-49-52-56-60-64-68-81(86)94-74-79(100-83(88)70-66-62-58-54-50-46-41-34-31-27-23-19-15-11-7-3)76-98-102(91,92)96-72-77(84)71-95-101(89,90)97-75-78(99-82(87)69-65-61-57-53-47-28-24-20-16-12-8-4)73-93-80(85)67-63-59-55-51-48-44-42-39-36-33-30-26-22-18-14-10-6-2/h9-11,13-15,21-23,25-27,32-36,38,40-42,44-45,49-51,54-56,60,77-79,84H,5-8,12,16-20,24,28-31,37,39,43,46-48,52-53,57-59,61-76H2,1-4H3,(H,89,90)(H,91,92)/b13-9-,14-10-,15-11-,25-21-,26-22-,27-23-,35-32-,36-33-,40-38-,41-34-,44-42-,49-45-,54-50-,55-51-,60-56-. The molecule has 0 aliphatic rings. The van der Waals surface area contributed by atoms with Gasteiger partial charge in [-0.25, -0.2) is 9.13 Å². The lowest BCUT2D eigenvalue weighted by molar-refractivity contribution is -0.161. The number of rotatable bonds is 69. The number of unbranched alkanes of at least 4 members (excludes halogenated alkanes) is 13. The molecule has 0 aromatic heterocycles. The summed E-state index contributed by atoms with van der Waals surface area (Å²) < 4.78 is 68.3. The molecule has 0 saturated carbocycles. The van der Waals surface area contributed by atoms with Gasteiger partial charge in [-0.2, -0.15) is 0 Å². The Kier molecular flexibility index (Phi) is 69.3. The Morgan fingerprint density at radius 1 is 0.284 bits per heavy atom. The molecule has 0 amide bonds. The molecule has 576 valence electrons. The average molecular weight is 1460 g/mol. The zero-order valence-electron chi connectivity index (χ0n) is 62.7. The molecule has 0 heterocycles. The van der Waals surface area contributed by atoms with Crippen molar-refractivity contribution >= 4 is 39.5 Å². The third-order valence-corrected chi connectivity index (χ3v) is 16.8. The Hall–Kier alpha value is -5.84. The van der Waals surface area contributed by atoms with Gasteiger partial charge in [0.15, 0.2) is 12.2 Å². The topological polar surface area (TPSA) is 237 Å². The lowest BCUT2D eigenvalue weighted by Crippen LogP contribution is -2.30. The summed E-state index contributed by atoms with van der Waals surface area (Å²) in [6.45, 7) is 4.28. The monoisotopic (exact) mass is 1460 g/mol. The molecule has 19 heteroatoms. The highest BCUT2D eigenvalue weighted by Gasteiger charge is 2.30. The van der Waals surface area contributed by atoms with Gasteiger partial charge in [0.2, 0.25) is 0 Å². The lowest BCUT2D eigenvalue weighted by atomic mass is 10.1. The van der Waals surface area contributed by atoms with Crippen molar-refractivity contribution in [1.29, 1.82) is 0 Å². The number of aliphatic hydroxyl groups excluding tert-OH is 1. The maximum Gasteiger partial charge on any atom is 0.472 e. The summed E-state index contributed by atoms with van der Waals surface area (Å²) in [4.78, 5) is 72.8. The minimum Gasteiger partial charge on any atom is -0.462 e. The molecule has 0 spiro atoms. The first kappa shape index (κ1) is 96.2. The molecular weight excluding hydrogens is 1330 g/mol. The molecule has 5 unspecified atom stereocenters. The normalized spacial score (nSPS) is 14.9. The summed E-state index contributed by atoms with van der Waals surface area (Å²) in [7, 11) is -10.0. The van der Waals surface area contributed by atoms with Crippen molar-refractivity contribution in [2.24, 2.45) is 0 Å². The largest absolute Gasteiger partial charge is 0.472 e. The van der Waals surface area contributed by atoms with E-state index < -0.39 is 97.5 Å². The quantitative estimate of drug-likeness (QED) is 0.0169. The van der Waals surface area contributed by atoms with Crippen molar-refractivity contribution in [2.75, 3.05) is 39.6 Å². The molecule has 0 bridgehead atoms. The molecule has 0 aliphatic heterocycles. The smallest absolute Gasteiger partial charge is 0.462 e. The molecule has 0 rings (SSSR count). The van der Waals surface area contributed by atoms with Gasteiger partial charge in [0.1, 0.15) is 19.3 Å². The number of phosphoric ester groups is 2. The van der Waals surface area contributed by atoms with Crippen LogP contribution in [0.15, 0.2) is 182 Å². The Bertz CT molecular complexity index is 2650. The van der Waals surface area contributed by atoms with Crippen LogP contribution in [0.3, 0.4) is 0 Å². The van der Waals surface area contributed by atoms with Crippen LogP contribution in [-0.2, 0) is 65.4 Å². The Morgan fingerprint density at radius 2 is 0.539 bits per heavy atom. The third-order valence-electron chi connectivity index (χ3n) is 14.9. The molecular formula is C83H132O17P2. The molecule has 17 nitrogen and oxygen atoms in total. The fourth-order valence-electron chi connectivity index (χ4n) is 9.21. The molecule has 0 aromatic carbocycles. The first-order valence-corrected chi connectivity index (χ1v) is 41.0. The van der Waals surface area contributed by atoms with Gasteiger partial charge in [-0.1, -0.05) is 274 Å². The fourth-order valence-corrected chi connectivity index (χ4v) is 10.8. The van der Waals surface area contributed by atoms with Gasteiger partial charge in [0.05, 0.1) is 26.4 Å². The number of hydrogen-bond acceptors (Lipinski definition) is 15. The number of ether oxygens (including phenoxy) is 4. The number of carbonyl (C=O) groups excluding carboxylic acids is 4. The number of allylic oxidation sites excluding steroid dienone is 30. The van der Waals surface area contributed by atoms with Gasteiger partial charge >= 0.3 is 39.5 Å². The molecule has 3 N–H and O–H groups in total. The molecule has 5 atom stereocenters. The first-order valence-electron chi connectivity index (χ1n) is 38.0. The van der Waals surface area contributed by atoms with E-state index in [1.807, 2.05) is 36.5 Å². The minimum absolute atomic E-state index is 0.0186. The fraction of sp³-hybridized carbons (Fsp3) is 0.590. The third kappa shape index (κ3) is 72.5. The van der Waals surface area contributed by atoms with E-state index >= 15 is 0 Å². The molecule has 0 saturated heterocycles. The van der Waals surface area contributed by atoms with E-state index in [1.54, 1.807) is 0 Å². The molecule has 102 heavy (non-hydrogen) atoms. The van der Waals surface area contributed by atoms with Gasteiger partial charge in [-0.3, -0.25) is 37.3 Å². The van der Waals surface area contributed by atoms with Crippen LogP contribution in [0.4, 0.5) is 0 Å². The van der Waals surface area contributed by atoms with Gasteiger partial charge < -0.3 is 33.8 Å². The number of phosphoric acid groups is 2. The number of carbonyl (C=O) groups is 4. The minimum atomic E-state index is -5.01. The van der Waals surface area contributed by atoms with Gasteiger partial charge in [0, 0.05) is 25.7 Å². The van der Waals surface area contributed by atoms with E-state index in [4.69, 9.17) is 37.0 Å². The average Bonchev–Trinajstić information content (AvgIpc) is 0.939. The van der Waals surface area contributed by atoms with Crippen molar-refractivity contribution in [2.45, 2.75) is 277 Å². The number of esters is 4. The summed E-state index contributed by atoms with van der Waals surface area (Å²) in [6.07, 6.45) is 87.8. The maximum atomic E-state index is 13.1. The summed E-state index contributed by atoms with van der Waals surface area (Å²) in [5.41, 5.74) is 0. The van der Waals surface area contributed by atoms with E-state index in [9.17, 15) is 43.2 Å². The van der Waals surface area contributed by atoms with Crippen molar-refractivity contribution < 1.29 is 80.2 Å². The van der Waals surface area contributed by atoms with Crippen LogP contribution in [0.5, 0.6) is 0 Å². The second kappa shape index (κ2) is 73.5. The van der Waals surface area contributed by atoms with Gasteiger partial charge in [-0.05, 0) is 141 Å². The first-order chi connectivity index (χ1) is 49.7. The highest BCUT2D eigenvalue weighted by molar-refractivity contribution is 7.47. The van der Waals surface area contributed by atoms with E-state index in [2.05, 4.69) is 174 Å². The predicted molar refractivity (Wildman–Crippen MR) is 417 cm³/mol.